The molecule has 0 unspecified atom stereocenters. The lowest BCUT2D eigenvalue weighted by molar-refractivity contribution is -0.122. The molecule has 1 N–H and O–H groups in total. The minimum atomic E-state index is -0.0389. The SMILES string of the molecule is CC(=O)c1ccc([C@@H]2CCNC(=O)C2)cc1Cl. The number of carbonyl (C=O) groups excluding carboxylic acids is 2. The van der Waals surface area contributed by atoms with E-state index in [1.54, 1.807) is 6.07 Å². The van der Waals surface area contributed by atoms with Gasteiger partial charge < -0.3 is 5.32 Å². The molecule has 1 fully saturated rings. The fraction of sp³-hybridized carbons (Fsp3) is 0.385. The molecule has 0 aliphatic carbocycles. The van der Waals surface area contributed by atoms with Crippen LogP contribution in [-0.2, 0) is 4.79 Å². The van der Waals surface area contributed by atoms with E-state index in [-0.39, 0.29) is 17.6 Å². The number of carbonyl (C=O) groups is 2. The Bertz CT molecular complexity index is 470. The molecule has 0 spiro atoms. The normalized spacial score (nSPS) is 19.9. The van der Waals surface area contributed by atoms with Crippen molar-refractivity contribution in [1.82, 2.24) is 5.32 Å². The summed E-state index contributed by atoms with van der Waals surface area (Å²) in [4.78, 5) is 22.6. The molecule has 0 saturated carbocycles. The molecule has 90 valence electrons. The molecule has 1 aliphatic heterocycles. The molecule has 0 aromatic heterocycles. The van der Waals surface area contributed by atoms with Gasteiger partial charge in [0, 0.05) is 18.5 Å². The second-order valence-electron chi connectivity index (χ2n) is 4.34. The topological polar surface area (TPSA) is 46.2 Å². The summed E-state index contributed by atoms with van der Waals surface area (Å²) in [5.41, 5.74) is 1.57. The average molecular weight is 252 g/mol. The largest absolute Gasteiger partial charge is 0.356 e. The van der Waals surface area contributed by atoms with Crippen LogP contribution in [0, 0.1) is 0 Å². The second kappa shape index (κ2) is 4.88. The van der Waals surface area contributed by atoms with Crippen LogP contribution in [0.15, 0.2) is 18.2 Å². The minimum Gasteiger partial charge on any atom is -0.356 e. The maximum absolute atomic E-state index is 11.3. The van der Waals surface area contributed by atoms with Crippen molar-refractivity contribution < 1.29 is 9.59 Å². The van der Waals surface area contributed by atoms with Gasteiger partial charge in [-0.15, -0.1) is 0 Å². The summed E-state index contributed by atoms with van der Waals surface area (Å²) in [6.45, 7) is 2.20. The number of halogens is 1. The molecule has 1 aromatic rings. The van der Waals surface area contributed by atoms with Crippen molar-refractivity contribution in [3.8, 4) is 0 Å². The molecule has 1 aliphatic rings. The van der Waals surface area contributed by atoms with Gasteiger partial charge in [0.25, 0.3) is 0 Å². The summed E-state index contributed by atoms with van der Waals surface area (Å²) in [5.74, 6) is 0.248. The monoisotopic (exact) mass is 251 g/mol. The van der Waals surface area contributed by atoms with Crippen molar-refractivity contribution in [1.29, 1.82) is 0 Å². The van der Waals surface area contributed by atoms with Crippen LogP contribution in [0.3, 0.4) is 0 Å². The van der Waals surface area contributed by atoms with E-state index in [9.17, 15) is 9.59 Å². The highest BCUT2D eigenvalue weighted by Crippen LogP contribution is 2.29. The second-order valence-corrected chi connectivity index (χ2v) is 4.74. The van der Waals surface area contributed by atoms with Gasteiger partial charge in [-0.1, -0.05) is 17.7 Å². The van der Waals surface area contributed by atoms with Crippen molar-refractivity contribution in [3.05, 3.63) is 34.3 Å². The molecular weight excluding hydrogens is 238 g/mol. The average Bonchev–Trinajstić information content (AvgIpc) is 2.28. The molecular formula is C13H14ClNO2. The summed E-state index contributed by atoms with van der Waals surface area (Å²) < 4.78 is 0. The first-order valence-electron chi connectivity index (χ1n) is 5.65. The van der Waals surface area contributed by atoms with Gasteiger partial charge >= 0.3 is 0 Å². The molecule has 1 atom stereocenters. The highest BCUT2D eigenvalue weighted by atomic mass is 35.5. The van der Waals surface area contributed by atoms with Gasteiger partial charge in [-0.05, 0) is 37.0 Å². The van der Waals surface area contributed by atoms with Crippen LogP contribution in [-0.4, -0.2) is 18.2 Å². The molecule has 1 heterocycles. The summed E-state index contributed by atoms with van der Waals surface area (Å²) in [6.07, 6.45) is 1.41. The van der Waals surface area contributed by atoms with Crippen molar-refractivity contribution in [2.75, 3.05) is 6.54 Å². The van der Waals surface area contributed by atoms with Gasteiger partial charge in [-0.3, -0.25) is 9.59 Å². The van der Waals surface area contributed by atoms with Crippen molar-refractivity contribution in [2.45, 2.75) is 25.7 Å². The van der Waals surface area contributed by atoms with Crippen LogP contribution in [0.2, 0.25) is 5.02 Å². The summed E-state index contributed by atoms with van der Waals surface area (Å²) in [6, 6.07) is 5.44. The van der Waals surface area contributed by atoms with E-state index in [0.717, 1.165) is 12.0 Å². The number of ketones is 1. The highest BCUT2D eigenvalue weighted by molar-refractivity contribution is 6.33. The van der Waals surface area contributed by atoms with E-state index >= 15 is 0 Å². The van der Waals surface area contributed by atoms with Gasteiger partial charge in [0.2, 0.25) is 5.91 Å². The fourth-order valence-corrected chi connectivity index (χ4v) is 2.46. The van der Waals surface area contributed by atoms with Crippen molar-refractivity contribution in [2.24, 2.45) is 0 Å². The van der Waals surface area contributed by atoms with E-state index in [0.29, 0.717) is 23.6 Å². The van der Waals surface area contributed by atoms with Crippen molar-refractivity contribution in [3.63, 3.8) is 0 Å². The molecule has 4 heteroatoms. The third kappa shape index (κ3) is 2.67. The van der Waals surface area contributed by atoms with Crippen LogP contribution < -0.4 is 5.32 Å². The predicted octanol–water partition coefficient (Wildman–Crippen LogP) is 2.54. The number of amides is 1. The smallest absolute Gasteiger partial charge is 0.220 e. The van der Waals surface area contributed by atoms with Gasteiger partial charge in [-0.2, -0.15) is 0 Å². The summed E-state index contributed by atoms with van der Waals surface area (Å²) in [5, 5.41) is 3.27. The minimum absolute atomic E-state index is 0.0389. The maximum atomic E-state index is 11.3. The van der Waals surface area contributed by atoms with Crippen LogP contribution in [0.5, 0.6) is 0 Å². The van der Waals surface area contributed by atoms with Gasteiger partial charge in [0.05, 0.1) is 5.02 Å². The van der Waals surface area contributed by atoms with E-state index < -0.39 is 0 Å². The first-order chi connectivity index (χ1) is 8.08. The number of nitrogens with one attached hydrogen (secondary N) is 1. The van der Waals surface area contributed by atoms with Gasteiger partial charge in [0.1, 0.15) is 0 Å². The molecule has 1 saturated heterocycles. The number of piperidine rings is 1. The third-order valence-electron chi connectivity index (χ3n) is 3.09. The van der Waals surface area contributed by atoms with Crippen molar-refractivity contribution >= 4 is 23.3 Å². The predicted molar refractivity (Wildman–Crippen MR) is 66.4 cm³/mol. The zero-order valence-electron chi connectivity index (χ0n) is 9.63. The quantitative estimate of drug-likeness (QED) is 0.821. The van der Waals surface area contributed by atoms with Gasteiger partial charge in [0.15, 0.2) is 5.78 Å². The Morgan fingerprint density at radius 1 is 1.47 bits per heavy atom. The summed E-state index contributed by atoms with van der Waals surface area (Å²) in [7, 11) is 0. The van der Waals surface area contributed by atoms with Gasteiger partial charge in [-0.25, -0.2) is 0 Å². The Labute approximate surface area is 105 Å². The molecule has 2 rings (SSSR count). The fourth-order valence-electron chi connectivity index (χ4n) is 2.14. The Morgan fingerprint density at radius 2 is 2.24 bits per heavy atom. The molecule has 0 bridgehead atoms. The lowest BCUT2D eigenvalue weighted by Gasteiger charge is -2.22. The highest BCUT2D eigenvalue weighted by Gasteiger charge is 2.21. The van der Waals surface area contributed by atoms with E-state index in [4.69, 9.17) is 11.6 Å². The van der Waals surface area contributed by atoms with Crippen LogP contribution in [0.1, 0.15) is 41.6 Å². The van der Waals surface area contributed by atoms with Crippen LogP contribution in [0.4, 0.5) is 0 Å². The zero-order valence-corrected chi connectivity index (χ0v) is 10.4. The maximum Gasteiger partial charge on any atom is 0.220 e. The zero-order chi connectivity index (χ0) is 12.4. The molecule has 17 heavy (non-hydrogen) atoms. The molecule has 0 radical (unpaired) electrons. The Morgan fingerprint density at radius 3 is 2.82 bits per heavy atom. The Hall–Kier alpha value is -1.35. The molecule has 1 aromatic carbocycles. The lowest BCUT2D eigenvalue weighted by Crippen LogP contribution is -2.32. The number of benzene rings is 1. The Kier molecular flexibility index (Phi) is 3.48. The molecule has 3 nitrogen and oxygen atoms in total. The van der Waals surface area contributed by atoms with E-state index in [1.165, 1.54) is 6.92 Å². The molecule has 1 amide bonds. The number of Topliss-reactive ketones (excluding diaryl/α,β-unsaturated/α-hetero) is 1. The first-order valence-corrected chi connectivity index (χ1v) is 6.03. The summed E-state index contributed by atoms with van der Waals surface area (Å²) >= 11 is 6.06. The number of hydrogen-bond donors (Lipinski definition) is 1. The van der Waals surface area contributed by atoms with Crippen LogP contribution in [0.25, 0.3) is 0 Å². The number of rotatable bonds is 2. The Balaban J connectivity index is 2.25. The van der Waals surface area contributed by atoms with Crippen LogP contribution >= 0.6 is 11.6 Å². The van der Waals surface area contributed by atoms with E-state index in [2.05, 4.69) is 5.32 Å². The lowest BCUT2D eigenvalue weighted by atomic mass is 9.89. The first kappa shape index (κ1) is 12.1. The number of hydrogen-bond acceptors (Lipinski definition) is 2. The third-order valence-corrected chi connectivity index (χ3v) is 3.40. The van der Waals surface area contributed by atoms with E-state index in [1.807, 2.05) is 12.1 Å². The standard InChI is InChI=1S/C13H14ClNO2/c1-8(16)11-3-2-9(6-12(11)14)10-4-5-15-13(17)7-10/h2-3,6,10H,4-5,7H2,1H3,(H,15,17)/t10-/m1/s1.